The van der Waals surface area contributed by atoms with Gasteiger partial charge in [0, 0.05) is 9.52 Å². The van der Waals surface area contributed by atoms with Crippen LogP contribution in [0.3, 0.4) is 0 Å². The van der Waals surface area contributed by atoms with E-state index >= 15 is 0 Å². The largest absolute Gasteiger partial charge is 0.331 e. The molecular formula is C7H19NSi. The molecule has 2 heteroatoms. The summed E-state index contributed by atoms with van der Waals surface area (Å²) in [6.45, 7) is 4.43. The molecule has 1 unspecified atom stereocenters. The SMILES string of the molecule is CCCC[SiH2]C(N)CC. The fraction of sp³-hybridized carbons (Fsp3) is 1.00. The molecule has 1 nitrogen and oxygen atoms in total. The smallest absolute Gasteiger partial charge is 0.0401 e. The lowest BCUT2D eigenvalue weighted by molar-refractivity contribution is 0.817. The average Bonchev–Trinajstić information content (AvgIpc) is 1.89. The minimum Gasteiger partial charge on any atom is -0.331 e. The van der Waals surface area contributed by atoms with E-state index < -0.39 is 0 Å². The Morgan fingerprint density at radius 3 is 2.56 bits per heavy atom. The van der Waals surface area contributed by atoms with Crippen LogP contribution in [0.2, 0.25) is 6.04 Å². The zero-order valence-corrected chi connectivity index (χ0v) is 8.10. The van der Waals surface area contributed by atoms with Crippen molar-refractivity contribution in [2.75, 3.05) is 0 Å². The predicted molar refractivity (Wildman–Crippen MR) is 46.5 cm³/mol. The van der Waals surface area contributed by atoms with Gasteiger partial charge in [-0.05, 0) is 12.1 Å². The van der Waals surface area contributed by atoms with Gasteiger partial charge in [-0.25, -0.2) is 0 Å². The highest BCUT2D eigenvalue weighted by Crippen LogP contribution is 1.95. The van der Waals surface area contributed by atoms with Crippen molar-refractivity contribution >= 4 is 9.52 Å². The van der Waals surface area contributed by atoms with E-state index in [4.69, 9.17) is 5.73 Å². The van der Waals surface area contributed by atoms with Crippen molar-refractivity contribution in [2.45, 2.75) is 44.8 Å². The first kappa shape index (κ1) is 9.18. The zero-order chi connectivity index (χ0) is 7.11. The van der Waals surface area contributed by atoms with Gasteiger partial charge in [-0.1, -0.05) is 32.7 Å². The molecule has 0 fully saturated rings. The first-order valence-corrected chi connectivity index (χ1v) is 5.88. The van der Waals surface area contributed by atoms with Gasteiger partial charge in [0.2, 0.25) is 0 Å². The molecule has 0 aliphatic carbocycles. The molecule has 1 atom stereocenters. The molecule has 0 aromatic heterocycles. The normalized spacial score (nSPS) is 15.0. The summed E-state index contributed by atoms with van der Waals surface area (Å²) in [5.74, 6) is 0. The van der Waals surface area contributed by atoms with Gasteiger partial charge in [0.1, 0.15) is 0 Å². The van der Waals surface area contributed by atoms with E-state index in [0.29, 0.717) is 5.67 Å². The van der Waals surface area contributed by atoms with Crippen molar-refractivity contribution in [2.24, 2.45) is 5.73 Å². The second-order valence-corrected chi connectivity index (χ2v) is 5.00. The molecule has 0 aromatic carbocycles. The quantitative estimate of drug-likeness (QED) is 0.454. The van der Waals surface area contributed by atoms with Crippen molar-refractivity contribution in [1.82, 2.24) is 0 Å². The molecule has 0 radical (unpaired) electrons. The Kier molecular flexibility index (Phi) is 6.42. The summed E-state index contributed by atoms with van der Waals surface area (Å²) in [5.41, 5.74) is 6.37. The lowest BCUT2D eigenvalue weighted by atomic mass is 10.4. The standard InChI is InChI=1S/C7H19NSi/c1-3-5-6-9-7(8)4-2/h7H,3-6,8-9H2,1-2H3. The fourth-order valence-corrected chi connectivity index (χ4v) is 2.58. The van der Waals surface area contributed by atoms with Crippen molar-refractivity contribution < 1.29 is 0 Å². The first-order valence-electron chi connectivity index (χ1n) is 4.06. The van der Waals surface area contributed by atoms with Crippen LogP contribution in [0.25, 0.3) is 0 Å². The molecular weight excluding hydrogens is 126 g/mol. The maximum atomic E-state index is 5.78. The first-order chi connectivity index (χ1) is 4.31. The molecule has 0 bridgehead atoms. The predicted octanol–water partition coefficient (Wildman–Crippen LogP) is 1.07. The molecule has 0 saturated carbocycles. The maximum absolute atomic E-state index is 5.78. The molecule has 2 N–H and O–H groups in total. The summed E-state index contributed by atoms with van der Waals surface area (Å²) in [6.07, 6.45) is 3.93. The third-order valence-corrected chi connectivity index (χ3v) is 3.93. The van der Waals surface area contributed by atoms with E-state index in [1.807, 2.05) is 0 Å². The summed E-state index contributed by atoms with van der Waals surface area (Å²) in [7, 11) is 0.102. The molecule has 0 aliphatic heterocycles. The highest BCUT2D eigenvalue weighted by atomic mass is 28.2. The van der Waals surface area contributed by atoms with Crippen molar-refractivity contribution in [3.8, 4) is 0 Å². The highest BCUT2D eigenvalue weighted by Gasteiger charge is 1.97. The maximum Gasteiger partial charge on any atom is 0.0401 e. The summed E-state index contributed by atoms with van der Waals surface area (Å²) in [5, 5.41) is 0. The molecule has 0 aromatic rings. The van der Waals surface area contributed by atoms with Crippen LogP contribution < -0.4 is 5.73 Å². The topological polar surface area (TPSA) is 26.0 Å². The molecule has 0 saturated heterocycles. The van der Waals surface area contributed by atoms with Gasteiger partial charge in [-0.3, -0.25) is 0 Å². The van der Waals surface area contributed by atoms with Gasteiger partial charge < -0.3 is 5.73 Å². The Morgan fingerprint density at radius 2 is 2.11 bits per heavy atom. The molecule has 0 rings (SSSR count). The summed E-state index contributed by atoms with van der Waals surface area (Å²) in [4.78, 5) is 0. The van der Waals surface area contributed by atoms with Crippen LogP contribution in [0, 0.1) is 0 Å². The van der Waals surface area contributed by atoms with E-state index in [-0.39, 0.29) is 9.52 Å². The average molecular weight is 145 g/mol. The van der Waals surface area contributed by atoms with Crippen LogP contribution in [-0.2, 0) is 0 Å². The van der Waals surface area contributed by atoms with E-state index in [9.17, 15) is 0 Å². The van der Waals surface area contributed by atoms with Gasteiger partial charge in [-0.15, -0.1) is 0 Å². The van der Waals surface area contributed by atoms with Crippen molar-refractivity contribution in [3.05, 3.63) is 0 Å². The van der Waals surface area contributed by atoms with Crippen LogP contribution in [0.5, 0.6) is 0 Å². The molecule has 9 heavy (non-hydrogen) atoms. The third kappa shape index (κ3) is 6.06. The number of nitrogens with two attached hydrogens (primary N) is 1. The second-order valence-electron chi connectivity index (χ2n) is 2.66. The van der Waals surface area contributed by atoms with Gasteiger partial charge in [0.05, 0.1) is 0 Å². The molecule has 0 amide bonds. The second kappa shape index (κ2) is 6.30. The zero-order valence-electron chi connectivity index (χ0n) is 6.69. The minimum absolute atomic E-state index is 0.102. The molecule has 56 valence electrons. The lowest BCUT2D eigenvalue weighted by Gasteiger charge is -2.05. The van der Waals surface area contributed by atoms with Crippen LogP contribution in [0.1, 0.15) is 33.1 Å². The molecule has 0 heterocycles. The fourth-order valence-electron chi connectivity index (χ4n) is 0.861. The number of hydrogen-bond donors (Lipinski definition) is 1. The van der Waals surface area contributed by atoms with Crippen LogP contribution >= 0.6 is 0 Å². The Morgan fingerprint density at radius 1 is 1.44 bits per heavy atom. The number of rotatable bonds is 5. The molecule has 0 aliphatic rings. The van der Waals surface area contributed by atoms with Gasteiger partial charge in [0.15, 0.2) is 0 Å². The minimum atomic E-state index is 0.102. The van der Waals surface area contributed by atoms with Crippen molar-refractivity contribution in [3.63, 3.8) is 0 Å². The van der Waals surface area contributed by atoms with E-state index in [2.05, 4.69) is 13.8 Å². The Hall–Kier alpha value is 0.177. The van der Waals surface area contributed by atoms with Crippen LogP contribution in [-0.4, -0.2) is 15.2 Å². The summed E-state index contributed by atoms with van der Waals surface area (Å²) in [6, 6.07) is 1.45. The number of hydrogen-bond acceptors (Lipinski definition) is 1. The van der Waals surface area contributed by atoms with Gasteiger partial charge >= 0.3 is 0 Å². The van der Waals surface area contributed by atoms with E-state index in [1.165, 1.54) is 25.3 Å². The van der Waals surface area contributed by atoms with E-state index in [1.54, 1.807) is 0 Å². The van der Waals surface area contributed by atoms with Crippen molar-refractivity contribution in [1.29, 1.82) is 0 Å². The summed E-state index contributed by atoms with van der Waals surface area (Å²) < 4.78 is 0. The van der Waals surface area contributed by atoms with Crippen LogP contribution in [0.4, 0.5) is 0 Å². The van der Waals surface area contributed by atoms with Crippen LogP contribution in [0.15, 0.2) is 0 Å². The lowest BCUT2D eigenvalue weighted by Crippen LogP contribution is -2.25. The van der Waals surface area contributed by atoms with Gasteiger partial charge in [-0.2, -0.15) is 0 Å². The monoisotopic (exact) mass is 145 g/mol. The number of unbranched alkanes of at least 4 members (excludes halogenated alkanes) is 1. The third-order valence-electron chi connectivity index (χ3n) is 1.70. The summed E-state index contributed by atoms with van der Waals surface area (Å²) >= 11 is 0. The molecule has 0 spiro atoms. The van der Waals surface area contributed by atoms with Gasteiger partial charge in [0.25, 0.3) is 0 Å². The Bertz CT molecular complexity index is 56.9. The highest BCUT2D eigenvalue weighted by molar-refractivity contribution is 6.37. The Labute approximate surface area is 60.8 Å². The van der Waals surface area contributed by atoms with E-state index in [0.717, 1.165) is 0 Å². The Balaban J connectivity index is 2.88.